The van der Waals surface area contributed by atoms with Crippen molar-refractivity contribution in [3.63, 3.8) is 0 Å². The highest BCUT2D eigenvalue weighted by Gasteiger charge is 2.23. The fourth-order valence-electron chi connectivity index (χ4n) is 16.5. The summed E-state index contributed by atoms with van der Waals surface area (Å²) in [6.45, 7) is 6.98. The Hall–Kier alpha value is -18.3. The fraction of sp³-hybridized carbons (Fsp3) is 0.0948. The quantitative estimate of drug-likeness (QED) is 0.0176. The zero-order chi connectivity index (χ0) is 103. The van der Waals surface area contributed by atoms with E-state index in [-0.39, 0.29) is 46.0 Å². The standard InChI is InChI=1S/C25H19FN4O2.2C23H17ClFN3O2.C23H18FN3O.C22H15FN4/c1-28-24-10-6-16(14-29-24)4-3-15-5-8-19-20(13-23(25(27)31)30-22(19)11-15)18-9-7-17(32-2)12-21(18)26;2*24-22-8-1-13(12-27-22)9-21(29)15-4-7-17-18(14-2-5-16(25)6-3-14)11-20(23(26)30)28-19(17)10-15;24-17-8-6-16(7-9-17)20-14-22(23(25)28)27-21-13-15(5-11-19(20)21)4-10-18-3-1-2-12-26-18;23-18-6-4-17(5-7-18)21-10-19(11-24)27-22-9-15(3-8-20(21)22)1-2-16-12-25-14-26-13-16/h5-14H,3-4H2,2H3,(H2,27,31);2*1-8,10-12,21,29H,9H2,(H2,26,30);1-3,5-9,11-14H,4,10H2,(H2,25,28);3-10,12-14H,1-2H2. The predicted octanol–water partition coefficient (Wildman–Crippen LogP) is 22.6. The number of rotatable bonds is 25. The molecular formula is C116H86Cl2F5N17O7. The van der Waals surface area contributed by atoms with Gasteiger partial charge in [-0.05, 0) is 290 Å². The summed E-state index contributed by atoms with van der Waals surface area (Å²) in [6.07, 6.45) is 15.7. The van der Waals surface area contributed by atoms with Gasteiger partial charge in [-0.25, -0.2) is 66.8 Å². The smallest absolute Gasteiger partial charge is 0.269 e. The first-order valence-electron chi connectivity index (χ1n) is 45.8. The molecule has 0 saturated heterocycles. The lowest BCUT2D eigenvalue weighted by Gasteiger charge is -2.14. The van der Waals surface area contributed by atoms with E-state index < -0.39 is 41.7 Å². The first-order chi connectivity index (χ1) is 71.1. The van der Waals surface area contributed by atoms with E-state index in [1.54, 1.807) is 164 Å². The molecule has 0 bridgehead atoms. The van der Waals surface area contributed by atoms with Crippen molar-refractivity contribution in [2.75, 3.05) is 7.11 Å². The highest BCUT2D eigenvalue weighted by atomic mass is 35.5. The van der Waals surface area contributed by atoms with Crippen molar-refractivity contribution in [2.45, 2.75) is 63.6 Å². The van der Waals surface area contributed by atoms with Crippen molar-refractivity contribution in [1.82, 2.24) is 54.8 Å². The van der Waals surface area contributed by atoms with Crippen molar-refractivity contribution in [2.24, 2.45) is 22.9 Å². The molecule has 20 aromatic rings. The summed E-state index contributed by atoms with van der Waals surface area (Å²) >= 11 is 11.6. The van der Waals surface area contributed by atoms with Gasteiger partial charge in [0, 0.05) is 88.1 Å². The first kappa shape index (κ1) is 102. The summed E-state index contributed by atoms with van der Waals surface area (Å²) < 4.78 is 73.1. The van der Waals surface area contributed by atoms with Gasteiger partial charge < -0.3 is 42.7 Å². The Balaban J connectivity index is 0.000000131. The molecule has 10 N–H and O–H groups in total. The van der Waals surface area contributed by atoms with E-state index in [4.69, 9.17) is 57.4 Å². The van der Waals surface area contributed by atoms with E-state index >= 15 is 0 Å². The van der Waals surface area contributed by atoms with Crippen LogP contribution in [-0.4, -0.2) is 95.8 Å². The van der Waals surface area contributed by atoms with Crippen LogP contribution in [0.1, 0.15) is 116 Å². The van der Waals surface area contributed by atoms with Crippen LogP contribution in [0.5, 0.6) is 5.75 Å². The number of aromatic nitrogens is 11. The molecule has 2 unspecified atom stereocenters. The molecule has 726 valence electrons. The number of nitriles is 1. The van der Waals surface area contributed by atoms with E-state index in [0.717, 1.165) is 137 Å². The number of ether oxygens (including phenoxy) is 1. The number of halogens is 7. The molecule has 20 rings (SSSR count). The third-order valence-corrected chi connectivity index (χ3v) is 24.5. The summed E-state index contributed by atoms with van der Waals surface area (Å²) in [6, 6.07) is 84.0. The zero-order valence-electron chi connectivity index (χ0n) is 78.3. The van der Waals surface area contributed by atoms with Gasteiger partial charge in [-0.1, -0.05) is 163 Å². The largest absolute Gasteiger partial charge is 0.497 e. The van der Waals surface area contributed by atoms with Gasteiger partial charge in [0.25, 0.3) is 29.4 Å². The lowest BCUT2D eigenvalue weighted by Crippen LogP contribution is -2.13. The molecule has 0 aliphatic carbocycles. The Bertz CT molecular complexity index is 8170. The normalized spacial score (nSPS) is 11.3. The molecule has 0 aliphatic heterocycles. The fourth-order valence-corrected chi connectivity index (χ4v) is 16.7. The lowest BCUT2D eigenvalue weighted by atomic mass is 9.96. The zero-order valence-corrected chi connectivity index (χ0v) is 79.8. The van der Waals surface area contributed by atoms with Crippen LogP contribution in [0.25, 0.3) is 115 Å². The minimum atomic E-state index is -0.800. The number of methoxy groups -OCH3 is 1. The number of primary amides is 4. The van der Waals surface area contributed by atoms with Crippen LogP contribution in [0.15, 0.2) is 335 Å². The second-order valence-electron chi connectivity index (χ2n) is 33.9. The van der Waals surface area contributed by atoms with E-state index in [2.05, 4.69) is 71.8 Å². The number of carbonyl (C=O) groups is 4. The summed E-state index contributed by atoms with van der Waals surface area (Å²) in [4.78, 5) is 97.1. The van der Waals surface area contributed by atoms with Gasteiger partial charge in [-0.3, -0.25) is 24.2 Å². The summed E-state index contributed by atoms with van der Waals surface area (Å²) in [7, 11) is 1.47. The van der Waals surface area contributed by atoms with Gasteiger partial charge in [-0.2, -0.15) is 5.26 Å². The second-order valence-corrected chi connectivity index (χ2v) is 34.7. The van der Waals surface area contributed by atoms with Crippen molar-refractivity contribution in [3.8, 4) is 67.5 Å². The highest BCUT2D eigenvalue weighted by Crippen LogP contribution is 2.39. The molecule has 147 heavy (non-hydrogen) atoms. The minimum absolute atomic E-state index is 0.0683. The molecule has 4 amide bonds. The molecule has 0 saturated carbocycles. The van der Waals surface area contributed by atoms with Crippen LogP contribution in [0.2, 0.25) is 10.3 Å². The van der Waals surface area contributed by atoms with Crippen LogP contribution in [0.4, 0.5) is 27.8 Å². The maximum Gasteiger partial charge on any atom is 0.269 e. The number of pyridine rings is 9. The van der Waals surface area contributed by atoms with Crippen LogP contribution in [0.3, 0.4) is 0 Å². The molecule has 0 fully saturated rings. The Kier molecular flexibility index (Phi) is 32.6. The summed E-state index contributed by atoms with van der Waals surface area (Å²) in [5.74, 6) is -3.62. The molecule has 0 spiro atoms. The Morgan fingerprint density at radius 2 is 0.741 bits per heavy atom. The third-order valence-electron chi connectivity index (χ3n) is 24.0. The Morgan fingerprint density at radius 1 is 0.374 bits per heavy atom. The second kappa shape index (κ2) is 47.1. The van der Waals surface area contributed by atoms with E-state index in [1.165, 1.54) is 74.1 Å². The number of carbonyl (C=O) groups excluding carboxylic acids is 4. The topological polar surface area (TPSA) is 392 Å². The monoisotopic (exact) mass is 1990 g/mol. The van der Waals surface area contributed by atoms with E-state index in [0.29, 0.717) is 108 Å². The van der Waals surface area contributed by atoms with Gasteiger partial charge in [0.05, 0.1) is 46.9 Å². The number of fused-ring (bicyclic) bond motifs is 5. The van der Waals surface area contributed by atoms with Crippen molar-refractivity contribution < 1.29 is 56.1 Å². The molecule has 10 heterocycles. The highest BCUT2D eigenvalue weighted by molar-refractivity contribution is 6.29. The molecule has 2 atom stereocenters. The number of aliphatic hydroxyl groups is 2. The number of benzene rings is 10. The summed E-state index contributed by atoms with van der Waals surface area (Å²) in [5, 5.41) is 35.5. The first-order valence-corrected chi connectivity index (χ1v) is 46.6. The Labute approximate surface area is 848 Å². The number of aliphatic hydroxyl groups excluding tert-OH is 2. The van der Waals surface area contributed by atoms with Crippen LogP contribution in [-0.2, 0) is 51.4 Å². The van der Waals surface area contributed by atoms with Crippen molar-refractivity contribution in [3.05, 3.63) is 470 Å². The van der Waals surface area contributed by atoms with Gasteiger partial charge in [0.15, 0.2) is 0 Å². The molecule has 0 aliphatic rings. The number of amides is 4. The van der Waals surface area contributed by atoms with Crippen molar-refractivity contribution >= 4 is 107 Å². The van der Waals surface area contributed by atoms with E-state index in [9.17, 15) is 56.6 Å². The van der Waals surface area contributed by atoms with Gasteiger partial charge in [-0.15, -0.1) is 4.98 Å². The van der Waals surface area contributed by atoms with Crippen molar-refractivity contribution in [1.29, 1.82) is 5.26 Å². The number of hydrogen-bond donors (Lipinski definition) is 6. The number of hydrogen-bond acceptors (Lipinski definition) is 19. The van der Waals surface area contributed by atoms with Gasteiger partial charge in [0.2, 0.25) is 0 Å². The average Bonchev–Trinajstić information content (AvgIpc) is 0.779. The van der Waals surface area contributed by atoms with Crippen LogP contribution < -0.4 is 27.7 Å². The van der Waals surface area contributed by atoms with Gasteiger partial charge >= 0.3 is 0 Å². The molecule has 24 nitrogen and oxygen atoms in total. The lowest BCUT2D eigenvalue weighted by molar-refractivity contribution is 0.0987. The number of nitrogens with zero attached hydrogens (tertiary/aromatic N) is 13. The van der Waals surface area contributed by atoms with Crippen LogP contribution in [0, 0.1) is 47.0 Å². The molecule has 10 aromatic heterocycles. The SMILES string of the molecule is N#Cc1cc(-c2ccc(F)cc2)c2ccc(CCc3cncnc3)cc2n1.NC(=O)c1cc(-c2ccc(F)cc2)c2ccc(C(O)Cc3ccc(Cl)nc3)cc2n1.NC(=O)c1cc(-c2ccc(F)cc2)c2ccc(C(O)Cc3ccc(Cl)nc3)cc2n1.NC(=O)c1cc(-c2ccc(F)cc2)c2ccc(CCc3ccccn3)cc2n1.[C-]#[N+]c1ccc(CCc2ccc3c(-c4ccc(OC)cc4F)cc(C(N)=O)nc3c2)cn1. The van der Waals surface area contributed by atoms with E-state index in [1.807, 2.05) is 97.3 Å². The Morgan fingerprint density at radius 3 is 1.12 bits per heavy atom. The van der Waals surface area contributed by atoms with Gasteiger partial charge in [0.1, 0.15) is 92.2 Å². The predicted molar refractivity (Wildman–Crippen MR) is 556 cm³/mol. The average molecular weight is 2000 g/mol. The maximum atomic E-state index is 14.8. The third kappa shape index (κ3) is 26.0. The molecule has 10 aromatic carbocycles. The number of nitrogens with two attached hydrogens (primary N) is 4. The number of aryl methyl sites for hydroxylation is 6. The minimum Gasteiger partial charge on any atom is -0.497 e. The molecular weight excluding hydrogens is 1910 g/mol. The molecule has 0 radical (unpaired) electrons. The summed E-state index contributed by atoms with van der Waals surface area (Å²) in [5.41, 5.74) is 42.0. The van der Waals surface area contributed by atoms with Crippen LogP contribution >= 0.6 is 23.2 Å². The maximum absolute atomic E-state index is 14.8. The molecule has 31 heteroatoms.